The molecule has 0 aliphatic heterocycles. The third-order valence-electron chi connectivity index (χ3n) is 10.2. The number of nitrogens with zero attached hydrogens (tertiary/aromatic N) is 2. The van der Waals surface area contributed by atoms with Crippen molar-refractivity contribution >= 4 is 61.1 Å². The van der Waals surface area contributed by atoms with Crippen molar-refractivity contribution in [1.29, 1.82) is 0 Å². The Balaban J connectivity index is 1.22. The molecule has 2 heterocycles. The van der Waals surface area contributed by atoms with Crippen LogP contribution in [0.2, 0.25) is 0 Å². The summed E-state index contributed by atoms with van der Waals surface area (Å²) < 4.78 is 4.83. The van der Waals surface area contributed by atoms with E-state index in [1.165, 1.54) is 82.7 Å². The summed E-state index contributed by atoms with van der Waals surface area (Å²) in [5.41, 5.74) is 14.9. The van der Waals surface area contributed by atoms with Crippen LogP contribution in [-0.2, 0) is 5.41 Å². The molecule has 0 N–H and O–H groups in total. The molecule has 212 valence electrons. The molecule has 0 atom stereocenters. The Labute approximate surface area is 257 Å². The van der Waals surface area contributed by atoms with Gasteiger partial charge in [0.25, 0.3) is 0 Å². The summed E-state index contributed by atoms with van der Waals surface area (Å²) in [6, 6.07) is 40.6. The molecule has 2 nitrogen and oxygen atoms in total. The van der Waals surface area contributed by atoms with Gasteiger partial charge in [0.15, 0.2) is 0 Å². The molecule has 0 saturated carbocycles. The van der Waals surface area contributed by atoms with Gasteiger partial charge in [-0.15, -0.1) is 0 Å². The van der Waals surface area contributed by atoms with E-state index in [0.717, 1.165) is 12.8 Å². The number of benzene rings is 5. The molecule has 0 saturated heterocycles. The molecule has 0 amide bonds. The Morgan fingerprint density at radius 3 is 1.98 bits per heavy atom. The van der Waals surface area contributed by atoms with Gasteiger partial charge in [-0.1, -0.05) is 92.7 Å². The van der Waals surface area contributed by atoms with Gasteiger partial charge in [0.1, 0.15) is 0 Å². The van der Waals surface area contributed by atoms with Crippen molar-refractivity contribution in [3.05, 3.63) is 138 Å². The van der Waals surface area contributed by atoms with Crippen LogP contribution in [0.25, 0.3) is 72.2 Å². The van der Waals surface area contributed by atoms with Crippen LogP contribution in [0.4, 0.5) is 0 Å². The molecule has 7 aromatic rings. The van der Waals surface area contributed by atoms with Crippen LogP contribution >= 0.6 is 0 Å². The first-order valence-electron chi connectivity index (χ1n) is 15.8. The van der Waals surface area contributed by atoms with Gasteiger partial charge in [-0.2, -0.15) is 0 Å². The standard InChI is InChI=1S/C42H34N2/c1-4-23-43-38-15-9-6-12-32(38)34-24-27(17-21-39(34)43)28-18-22-41-35(25-28)33-13-7-10-16-40(33)44(41)29-19-20-31-30-11-5-8-14-36(30)42(2,3)37(31)26-29/h4-18,21-26H,19-20H2,1-3H3/b23-4+. The molecule has 0 bridgehead atoms. The molecular weight excluding hydrogens is 532 g/mol. The van der Waals surface area contributed by atoms with Crippen molar-refractivity contribution < 1.29 is 0 Å². The molecule has 2 aromatic heterocycles. The minimum absolute atomic E-state index is 0.0121. The fourth-order valence-electron chi connectivity index (χ4n) is 8.12. The average molecular weight is 567 g/mol. The van der Waals surface area contributed by atoms with Crippen molar-refractivity contribution in [3.8, 4) is 11.1 Å². The lowest BCUT2D eigenvalue weighted by Gasteiger charge is -2.26. The first-order valence-corrected chi connectivity index (χ1v) is 15.8. The monoisotopic (exact) mass is 566 g/mol. The molecule has 0 spiro atoms. The number of rotatable bonds is 3. The maximum Gasteiger partial charge on any atom is 0.0538 e. The van der Waals surface area contributed by atoms with E-state index in [4.69, 9.17) is 0 Å². The van der Waals surface area contributed by atoms with Gasteiger partial charge in [-0.3, -0.25) is 0 Å². The highest BCUT2D eigenvalue weighted by molar-refractivity contribution is 6.13. The van der Waals surface area contributed by atoms with Crippen molar-refractivity contribution in [3.63, 3.8) is 0 Å². The predicted molar refractivity (Wildman–Crippen MR) is 189 cm³/mol. The Morgan fingerprint density at radius 2 is 1.20 bits per heavy atom. The minimum Gasteiger partial charge on any atom is -0.316 e. The smallest absolute Gasteiger partial charge is 0.0538 e. The zero-order chi connectivity index (χ0) is 29.6. The number of aromatic nitrogens is 2. The quantitative estimate of drug-likeness (QED) is 0.201. The van der Waals surface area contributed by atoms with E-state index < -0.39 is 0 Å². The second-order valence-electron chi connectivity index (χ2n) is 12.9. The fraction of sp³-hybridized carbons (Fsp3) is 0.143. The first kappa shape index (κ1) is 25.4. The van der Waals surface area contributed by atoms with Crippen molar-refractivity contribution in [2.24, 2.45) is 0 Å². The van der Waals surface area contributed by atoms with Crippen LogP contribution in [0.1, 0.15) is 44.7 Å². The van der Waals surface area contributed by atoms with E-state index in [1.807, 2.05) is 0 Å². The Bertz CT molecular complexity index is 2420. The van der Waals surface area contributed by atoms with Gasteiger partial charge in [-0.25, -0.2) is 0 Å². The van der Waals surface area contributed by atoms with Crippen LogP contribution in [0, 0.1) is 0 Å². The Hall–Kier alpha value is -5.08. The lowest BCUT2D eigenvalue weighted by atomic mass is 9.79. The Morgan fingerprint density at radius 1 is 0.614 bits per heavy atom. The van der Waals surface area contributed by atoms with Gasteiger partial charge < -0.3 is 9.13 Å². The van der Waals surface area contributed by atoms with Crippen LogP contribution in [0.15, 0.2) is 127 Å². The van der Waals surface area contributed by atoms with E-state index in [2.05, 4.69) is 157 Å². The van der Waals surface area contributed by atoms with E-state index in [-0.39, 0.29) is 5.41 Å². The van der Waals surface area contributed by atoms with Gasteiger partial charge in [0.2, 0.25) is 0 Å². The number of fused-ring (bicyclic) bond motifs is 8. The third kappa shape index (κ3) is 3.43. The highest BCUT2D eigenvalue weighted by atomic mass is 15.0. The lowest BCUT2D eigenvalue weighted by molar-refractivity contribution is 0.651. The molecule has 0 unspecified atom stereocenters. The van der Waals surface area contributed by atoms with Gasteiger partial charge in [0.05, 0.1) is 22.1 Å². The molecule has 44 heavy (non-hydrogen) atoms. The average Bonchev–Trinajstić information content (AvgIpc) is 3.64. The molecule has 9 rings (SSSR count). The lowest BCUT2D eigenvalue weighted by Crippen LogP contribution is -2.17. The maximum atomic E-state index is 2.53. The zero-order valence-corrected chi connectivity index (χ0v) is 25.4. The van der Waals surface area contributed by atoms with E-state index >= 15 is 0 Å². The van der Waals surface area contributed by atoms with Gasteiger partial charge in [-0.05, 0) is 95.6 Å². The molecule has 0 radical (unpaired) electrons. The summed E-state index contributed by atoms with van der Waals surface area (Å²) in [5.74, 6) is 0. The summed E-state index contributed by atoms with van der Waals surface area (Å²) in [7, 11) is 0. The van der Waals surface area contributed by atoms with Gasteiger partial charge >= 0.3 is 0 Å². The highest BCUT2D eigenvalue weighted by Gasteiger charge is 2.38. The van der Waals surface area contributed by atoms with E-state index in [0.29, 0.717) is 0 Å². The minimum atomic E-state index is 0.0121. The highest BCUT2D eigenvalue weighted by Crippen LogP contribution is 2.52. The SMILES string of the molecule is C/C=C/n1c2ccccc2c2cc(-c3ccc4c(c3)c3ccccc3n4C3=CC4=C(CC3)c3ccccc3C4(C)C)ccc21. The Kier molecular flexibility index (Phi) is 5.32. The second kappa shape index (κ2) is 9.21. The summed E-state index contributed by atoms with van der Waals surface area (Å²) in [5, 5.41) is 5.19. The fourth-order valence-corrected chi connectivity index (χ4v) is 8.12. The maximum absolute atomic E-state index is 2.53. The molecule has 2 heteroatoms. The number of hydrogen-bond acceptors (Lipinski definition) is 0. The second-order valence-corrected chi connectivity index (χ2v) is 12.9. The topological polar surface area (TPSA) is 9.86 Å². The normalized spacial score (nSPS) is 16.0. The van der Waals surface area contributed by atoms with E-state index in [9.17, 15) is 0 Å². The summed E-state index contributed by atoms with van der Waals surface area (Å²) in [6.07, 6.45) is 8.89. The van der Waals surface area contributed by atoms with Crippen molar-refractivity contribution in [2.45, 2.75) is 39.0 Å². The molecule has 2 aliphatic carbocycles. The van der Waals surface area contributed by atoms with Crippen LogP contribution in [0.3, 0.4) is 0 Å². The zero-order valence-electron chi connectivity index (χ0n) is 25.4. The van der Waals surface area contributed by atoms with Gasteiger partial charge in [0, 0.05) is 38.9 Å². The first-order chi connectivity index (χ1) is 21.5. The summed E-state index contributed by atoms with van der Waals surface area (Å²) >= 11 is 0. The molecule has 5 aromatic carbocycles. The number of allylic oxidation sites excluding steroid dienone is 5. The number of hydrogen-bond donors (Lipinski definition) is 0. The largest absolute Gasteiger partial charge is 0.316 e. The van der Waals surface area contributed by atoms with E-state index in [1.54, 1.807) is 0 Å². The molecule has 2 aliphatic rings. The summed E-state index contributed by atoms with van der Waals surface area (Å²) in [4.78, 5) is 0. The third-order valence-corrected chi connectivity index (χ3v) is 10.2. The van der Waals surface area contributed by atoms with Crippen LogP contribution in [-0.4, -0.2) is 9.13 Å². The molecule has 0 fully saturated rings. The predicted octanol–water partition coefficient (Wildman–Crippen LogP) is 11.4. The van der Waals surface area contributed by atoms with Crippen LogP contribution < -0.4 is 0 Å². The molecular formula is C42H34N2. The van der Waals surface area contributed by atoms with Crippen molar-refractivity contribution in [1.82, 2.24) is 9.13 Å². The summed E-state index contributed by atoms with van der Waals surface area (Å²) in [6.45, 7) is 6.85. The van der Waals surface area contributed by atoms with Crippen molar-refractivity contribution in [2.75, 3.05) is 0 Å². The van der Waals surface area contributed by atoms with Crippen LogP contribution in [0.5, 0.6) is 0 Å². The number of para-hydroxylation sites is 2.